The van der Waals surface area contributed by atoms with Crippen LogP contribution in [-0.4, -0.2) is 96.7 Å². The number of carbonyl (C=O) groups excluding carboxylic acids is 4. The number of ether oxygens (including phenoxy) is 4. The molecule has 0 aliphatic heterocycles. The molecule has 0 amide bonds. The molecule has 19 heteroatoms. The van der Waals surface area contributed by atoms with Crippen molar-refractivity contribution < 1.29 is 80.2 Å². The fourth-order valence-corrected chi connectivity index (χ4v) is 13.7. The molecule has 582 valence electrons. The number of carbonyl (C=O) groups is 4. The van der Waals surface area contributed by atoms with Crippen molar-refractivity contribution in [3.8, 4) is 0 Å². The first kappa shape index (κ1) is 96.1. The van der Waals surface area contributed by atoms with E-state index >= 15 is 0 Å². The molecule has 0 fully saturated rings. The van der Waals surface area contributed by atoms with E-state index < -0.39 is 97.5 Å². The van der Waals surface area contributed by atoms with E-state index in [1.165, 1.54) is 212 Å². The average Bonchev–Trinajstić information content (AvgIpc) is 1.10. The molecule has 0 saturated carbocycles. The largest absolute Gasteiger partial charge is 0.472 e. The summed E-state index contributed by atoms with van der Waals surface area (Å²) in [5.41, 5.74) is 0. The lowest BCUT2D eigenvalue weighted by Gasteiger charge is -2.21. The zero-order valence-electron chi connectivity index (χ0n) is 64.3. The molecule has 0 saturated heterocycles. The van der Waals surface area contributed by atoms with E-state index in [4.69, 9.17) is 37.0 Å². The normalized spacial score (nSPS) is 14.3. The van der Waals surface area contributed by atoms with Gasteiger partial charge in [0.15, 0.2) is 12.2 Å². The van der Waals surface area contributed by atoms with Gasteiger partial charge in [0.1, 0.15) is 19.3 Å². The second-order valence-electron chi connectivity index (χ2n) is 29.6. The van der Waals surface area contributed by atoms with Crippen LogP contribution in [0, 0.1) is 17.8 Å². The van der Waals surface area contributed by atoms with Gasteiger partial charge in [-0.15, -0.1) is 0 Å². The molecule has 3 N–H and O–H groups in total. The van der Waals surface area contributed by atoms with Gasteiger partial charge in [0.05, 0.1) is 26.4 Å². The molecule has 0 aromatic rings. The van der Waals surface area contributed by atoms with Crippen LogP contribution in [0.15, 0.2) is 0 Å². The van der Waals surface area contributed by atoms with Crippen LogP contribution in [0.2, 0.25) is 0 Å². The zero-order chi connectivity index (χ0) is 72.3. The van der Waals surface area contributed by atoms with Crippen molar-refractivity contribution in [1.82, 2.24) is 0 Å². The van der Waals surface area contributed by atoms with Crippen molar-refractivity contribution in [3.05, 3.63) is 0 Å². The third-order valence-electron chi connectivity index (χ3n) is 18.7. The Balaban J connectivity index is 5.25. The number of unbranched alkanes of at least 4 members (excludes halogenated alkanes) is 44. The molecule has 0 aromatic heterocycles. The van der Waals surface area contributed by atoms with Crippen LogP contribution in [0.5, 0.6) is 0 Å². The summed E-state index contributed by atoms with van der Waals surface area (Å²) in [6.45, 7) is 11.9. The van der Waals surface area contributed by atoms with Crippen molar-refractivity contribution in [3.63, 3.8) is 0 Å². The molecule has 0 aliphatic rings. The molecule has 17 nitrogen and oxygen atoms in total. The Labute approximate surface area is 600 Å². The Morgan fingerprint density at radius 2 is 0.520 bits per heavy atom. The molecule has 0 bridgehead atoms. The molecule has 98 heavy (non-hydrogen) atoms. The lowest BCUT2D eigenvalue weighted by Crippen LogP contribution is -2.30. The number of aliphatic hydroxyl groups is 1. The quantitative estimate of drug-likeness (QED) is 0.0222. The molecule has 0 spiro atoms. The molecule has 0 rings (SSSR count). The Kier molecular flexibility index (Phi) is 68.1. The Bertz CT molecular complexity index is 1910. The van der Waals surface area contributed by atoms with Gasteiger partial charge in [0.25, 0.3) is 0 Å². The first-order valence-electron chi connectivity index (χ1n) is 40.9. The number of hydrogen-bond acceptors (Lipinski definition) is 15. The summed E-state index contributed by atoms with van der Waals surface area (Å²) in [5.74, 6) is 0.202. The van der Waals surface area contributed by atoms with Gasteiger partial charge in [-0.2, -0.15) is 0 Å². The highest BCUT2D eigenvalue weighted by Gasteiger charge is 2.30. The topological polar surface area (TPSA) is 237 Å². The van der Waals surface area contributed by atoms with Crippen LogP contribution in [0.1, 0.15) is 408 Å². The average molecular weight is 1440 g/mol. The molecule has 0 aliphatic carbocycles. The summed E-state index contributed by atoms with van der Waals surface area (Å²) in [4.78, 5) is 72.9. The fraction of sp³-hybridized carbons (Fsp3) is 0.949. The Hall–Kier alpha value is -1.94. The first-order chi connectivity index (χ1) is 47.3. The third-order valence-corrected chi connectivity index (χ3v) is 20.6. The highest BCUT2D eigenvalue weighted by atomic mass is 31.2. The summed E-state index contributed by atoms with van der Waals surface area (Å²) in [6.07, 6.45) is 56.8. The SMILES string of the molecule is CCCCCCCCCCCCCCCCCCC(=O)OC[C@H](COP(=O)(O)OC[C@@H](O)COP(=O)(O)OC[C@@H](COC(=O)CCCCCCCCCC(C)C)OC(=O)CCCCCCCCCCCCCC(C)C)OC(=O)CCCCCCCCCCCCCCCCC(C)CC. The van der Waals surface area contributed by atoms with Crippen LogP contribution in [0.4, 0.5) is 0 Å². The van der Waals surface area contributed by atoms with Gasteiger partial charge >= 0.3 is 39.5 Å². The number of esters is 4. The monoisotopic (exact) mass is 1440 g/mol. The molecule has 0 radical (unpaired) electrons. The lowest BCUT2D eigenvalue weighted by atomic mass is 9.99. The van der Waals surface area contributed by atoms with Crippen molar-refractivity contribution in [2.45, 2.75) is 426 Å². The Morgan fingerprint density at radius 1 is 0.296 bits per heavy atom. The molecule has 3 unspecified atom stereocenters. The number of hydrogen-bond donors (Lipinski definition) is 3. The van der Waals surface area contributed by atoms with Crippen LogP contribution < -0.4 is 0 Å². The van der Waals surface area contributed by atoms with Crippen LogP contribution in [0.25, 0.3) is 0 Å². The van der Waals surface area contributed by atoms with Crippen LogP contribution >= 0.6 is 15.6 Å². The Morgan fingerprint density at radius 3 is 0.776 bits per heavy atom. The number of phosphoric acid groups is 2. The van der Waals surface area contributed by atoms with Gasteiger partial charge in [0, 0.05) is 25.7 Å². The van der Waals surface area contributed by atoms with Gasteiger partial charge in [-0.3, -0.25) is 37.3 Å². The third kappa shape index (κ3) is 71.1. The zero-order valence-corrected chi connectivity index (χ0v) is 66.0. The summed E-state index contributed by atoms with van der Waals surface area (Å²) >= 11 is 0. The predicted molar refractivity (Wildman–Crippen MR) is 400 cm³/mol. The summed E-state index contributed by atoms with van der Waals surface area (Å²) < 4.78 is 68.6. The van der Waals surface area contributed by atoms with Crippen molar-refractivity contribution in [2.24, 2.45) is 17.8 Å². The van der Waals surface area contributed by atoms with Crippen LogP contribution in [-0.2, 0) is 65.4 Å². The summed E-state index contributed by atoms with van der Waals surface area (Å²) in [7, 11) is -9.92. The minimum atomic E-state index is -4.96. The van der Waals surface area contributed by atoms with Crippen LogP contribution in [0.3, 0.4) is 0 Å². The second-order valence-corrected chi connectivity index (χ2v) is 32.6. The van der Waals surface area contributed by atoms with Crippen molar-refractivity contribution >= 4 is 39.5 Å². The van der Waals surface area contributed by atoms with Gasteiger partial charge in [-0.1, -0.05) is 357 Å². The molecule has 0 aromatic carbocycles. The van der Waals surface area contributed by atoms with E-state index in [-0.39, 0.29) is 25.7 Å². The highest BCUT2D eigenvalue weighted by Crippen LogP contribution is 2.45. The summed E-state index contributed by atoms with van der Waals surface area (Å²) in [6, 6.07) is 0. The van der Waals surface area contributed by atoms with E-state index in [2.05, 4.69) is 48.5 Å². The van der Waals surface area contributed by atoms with Gasteiger partial charge in [-0.05, 0) is 43.4 Å². The van der Waals surface area contributed by atoms with Crippen molar-refractivity contribution in [2.75, 3.05) is 39.6 Å². The van der Waals surface area contributed by atoms with Gasteiger partial charge < -0.3 is 33.8 Å². The van der Waals surface area contributed by atoms with Gasteiger partial charge in [0.2, 0.25) is 0 Å². The maximum Gasteiger partial charge on any atom is 0.472 e. The summed E-state index contributed by atoms with van der Waals surface area (Å²) in [5, 5.41) is 10.6. The van der Waals surface area contributed by atoms with E-state index in [0.29, 0.717) is 31.6 Å². The molecule has 6 atom stereocenters. The standard InChI is InChI=1S/C79H154O17P2/c1-8-10-11-12-13-14-15-16-17-18-22-27-32-39-46-53-60-76(81)89-66-74(95-78(83)62-55-48-40-33-28-23-20-19-21-26-31-38-45-52-59-72(7)9-2)68-93-97(85,86)91-64-73(80)65-92-98(87,88)94-69-75(67-90-77(82)61-54-47-42-35-37-44-51-58-71(5)6)96-79(84)63-56-49-41-34-29-24-25-30-36-43-50-57-70(3)4/h70-75,80H,8-69H2,1-7H3,(H,85,86)(H,87,88)/t72?,73-,74-,75-/m1/s1. The maximum absolute atomic E-state index is 13.1. The predicted octanol–water partition coefficient (Wildman–Crippen LogP) is 23.4. The minimum absolute atomic E-state index is 0.106. The molecule has 0 heterocycles. The fourth-order valence-electron chi connectivity index (χ4n) is 12.1. The van der Waals surface area contributed by atoms with E-state index in [1.807, 2.05) is 0 Å². The van der Waals surface area contributed by atoms with Gasteiger partial charge in [-0.25, -0.2) is 9.13 Å². The maximum atomic E-state index is 13.1. The first-order valence-corrected chi connectivity index (χ1v) is 43.9. The van der Waals surface area contributed by atoms with Crippen molar-refractivity contribution in [1.29, 1.82) is 0 Å². The molecular formula is C79H154O17P2. The number of rotatable bonds is 77. The smallest absolute Gasteiger partial charge is 0.462 e. The highest BCUT2D eigenvalue weighted by molar-refractivity contribution is 7.47. The lowest BCUT2D eigenvalue weighted by molar-refractivity contribution is -0.161. The van der Waals surface area contributed by atoms with E-state index in [1.54, 1.807) is 0 Å². The second kappa shape index (κ2) is 69.4. The van der Waals surface area contributed by atoms with E-state index in [9.17, 15) is 43.2 Å². The van der Waals surface area contributed by atoms with E-state index in [0.717, 1.165) is 108 Å². The molecular weight excluding hydrogens is 1280 g/mol. The number of aliphatic hydroxyl groups excluding tert-OH is 1. The minimum Gasteiger partial charge on any atom is -0.462 e. The number of phosphoric ester groups is 2.